The van der Waals surface area contributed by atoms with Crippen LogP contribution < -0.4 is 0 Å². The molecule has 0 radical (unpaired) electrons. The monoisotopic (exact) mass is 192 g/mol. The molecule has 0 aliphatic heterocycles. The van der Waals surface area contributed by atoms with Crippen molar-refractivity contribution in [1.82, 2.24) is 0 Å². The van der Waals surface area contributed by atoms with Crippen LogP contribution in [0.1, 0.15) is 24.0 Å². The van der Waals surface area contributed by atoms with Crippen molar-refractivity contribution < 1.29 is 15.0 Å². The lowest BCUT2D eigenvalue weighted by Crippen LogP contribution is -2.05. The van der Waals surface area contributed by atoms with Gasteiger partial charge >= 0.3 is 5.97 Å². The average Bonchev–Trinajstić information content (AvgIpc) is 2.85. The lowest BCUT2D eigenvalue weighted by atomic mass is 10.0. The molecule has 3 heteroatoms. The zero-order valence-electron chi connectivity index (χ0n) is 7.73. The van der Waals surface area contributed by atoms with E-state index in [0.29, 0.717) is 0 Å². The van der Waals surface area contributed by atoms with Gasteiger partial charge in [0.25, 0.3) is 0 Å². The predicted octanol–water partition coefficient (Wildman–Crippen LogP) is 1.30. The van der Waals surface area contributed by atoms with E-state index in [2.05, 4.69) is 0 Å². The van der Waals surface area contributed by atoms with E-state index in [1.165, 1.54) is 0 Å². The number of aliphatic carboxylic acids is 1. The SMILES string of the molecule is O=C(O)Cc1ccc(C2(O)CC2)cc1. The lowest BCUT2D eigenvalue weighted by molar-refractivity contribution is -0.136. The molecule has 0 saturated heterocycles. The zero-order valence-corrected chi connectivity index (χ0v) is 7.73. The molecule has 1 aliphatic carbocycles. The molecule has 0 amide bonds. The summed E-state index contributed by atoms with van der Waals surface area (Å²) in [5, 5.41) is 18.3. The second kappa shape index (κ2) is 3.10. The molecular formula is C11H12O3. The Hall–Kier alpha value is -1.35. The maximum atomic E-state index is 10.4. The normalized spacial score (nSPS) is 17.8. The summed E-state index contributed by atoms with van der Waals surface area (Å²) in [6, 6.07) is 7.15. The third-order valence-corrected chi connectivity index (χ3v) is 2.57. The second-order valence-electron chi connectivity index (χ2n) is 3.80. The Bertz CT molecular complexity index is 349. The summed E-state index contributed by atoms with van der Waals surface area (Å²) in [5.41, 5.74) is 1.04. The van der Waals surface area contributed by atoms with Crippen LogP contribution in [0.15, 0.2) is 24.3 Å². The van der Waals surface area contributed by atoms with E-state index < -0.39 is 11.6 Å². The first-order valence-electron chi connectivity index (χ1n) is 4.64. The molecule has 1 aromatic carbocycles. The number of rotatable bonds is 3. The summed E-state index contributed by atoms with van der Waals surface area (Å²) >= 11 is 0. The van der Waals surface area contributed by atoms with Gasteiger partial charge in [0.2, 0.25) is 0 Å². The van der Waals surface area contributed by atoms with E-state index >= 15 is 0 Å². The highest BCUT2D eigenvalue weighted by molar-refractivity contribution is 5.70. The summed E-state index contributed by atoms with van der Waals surface area (Å²) in [7, 11) is 0. The van der Waals surface area contributed by atoms with Crippen molar-refractivity contribution in [3.05, 3.63) is 35.4 Å². The highest BCUT2D eigenvalue weighted by Gasteiger charge is 2.41. The molecule has 1 aliphatic rings. The Morgan fingerprint density at radius 2 is 1.86 bits per heavy atom. The van der Waals surface area contributed by atoms with Gasteiger partial charge in [-0.2, -0.15) is 0 Å². The van der Waals surface area contributed by atoms with E-state index in [0.717, 1.165) is 24.0 Å². The largest absolute Gasteiger partial charge is 0.481 e. The molecule has 2 N–H and O–H groups in total. The minimum Gasteiger partial charge on any atom is -0.481 e. The van der Waals surface area contributed by atoms with Crippen molar-refractivity contribution in [2.45, 2.75) is 24.9 Å². The highest BCUT2D eigenvalue weighted by Crippen LogP contribution is 2.45. The van der Waals surface area contributed by atoms with E-state index in [1.54, 1.807) is 12.1 Å². The Labute approximate surface area is 82.0 Å². The van der Waals surface area contributed by atoms with Gasteiger partial charge in [-0.25, -0.2) is 0 Å². The van der Waals surface area contributed by atoms with Crippen LogP contribution in [0.4, 0.5) is 0 Å². The molecule has 0 heterocycles. The Morgan fingerprint density at radius 3 is 2.29 bits per heavy atom. The number of hydrogen-bond acceptors (Lipinski definition) is 2. The van der Waals surface area contributed by atoms with E-state index in [1.807, 2.05) is 12.1 Å². The fourth-order valence-corrected chi connectivity index (χ4v) is 1.51. The molecule has 0 atom stereocenters. The summed E-state index contributed by atoms with van der Waals surface area (Å²) in [5.74, 6) is -0.831. The van der Waals surface area contributed by atoms with Gasteiger partial charge in [-0.3, -0.25) is 4.79 Å². The fraction of sp³-hybridized carbons (Fsp3) is 0.364. The van der Waals surface area contributed by atoms with Gasteiger partial charge in [0.05, 0.1) is 12.0 Å². The highest BCUT2D eigenvalue weighted by atomic mass is 16.4. The minimum absolute atomic E-state index is 0.0404. The summed E-state index contributed by atoms with van der Waals surface area (Å²) < 4.78 is 0. The predicted molar refractivity (Wildman–Crippen MR) is 50.9 cm³/mol. The standard InChI is InChI=1S/C11H12O3/c12-10(13)7-8-1-3-9(4-2-8)11(14)5-6-11/h1-4,14H,5-7H2,(H,12,13). The molecule has 1 fully saturated rings. The van der Waals surface area contributed by atoms with E-state index in [9.17, 15) is 9.90 Å². The minimum atomic E-state index is -0.831. The van der Waals surface area contributed by atoms with Crippen molar-refractivity contribution in [1.29, 1.82) is 0 Å². The molecule has 74 valence electrons. The number of carboxylic acids is 1. The number of aliphatic hydroxyl groups is 1. The van der Waals surface area contributed by atoms with Gasteiger partial charge in [0.15, 0.2) is 0 Å². The first-order chi connectivity index (χ1) is 6.60. The maximum Gasteiger partial charge on any atom is 0.307 e. The van der Waals surface area contributed by atoms with Crippen LogP contribution in [0.2, 0.25) is 0 Å². The van der Waals surface area contributed by atoms with E-state index in [-0.39, 0.29) is 6.42 Å². The number of hydrogen-bond donors (Lipinski definition) is 2. The van der Waals surface area contributed by atoms with Crippen molar-refractivity contribution in [2.24, 2.45) is 0 Å². The molecule has 3 nitrogen and oxygen atoms in total. The van der Waals surface area contributed by atoms with Crippen molar-refractivity contribution >= 4 is 5.97 Å². The van der Waals surface area contributed by atoms with E-state index in [4.69, 9.17) is 5.11 Å². The Balaban J connectivity index is 2.14. The Morgan fingerprint density at radius 1 is 1.29 bits per heavy atom. The first kappa shape index (κ1) is 9.21. The molecule has 1 saturated carbocycles. The van der Waals surface area contributed by atoms with Gasteiger partial charge in [-0.05, 0) is 24.0 Å². The third-order valence-electron chi connectivity index (χ3n) is 2.57. The van der Waals surface area contributed by atoms with Crippen molar-refractivity contribution in [2.75, 3.05) is 0 Å². The molecular weight excluding hydrogens is 180 g/mol. The zero-order chi connectivity index (χ0) is 10.2. The summed E-state index contributed by atoms with van der Waals surface area (Å²) in [6.45, 7) is 0. The van der Waals surface area contributed by atoms with Crippen molar-refractivity contribution in [3.63, 3.8) is 0 Å². The van der Waals surface area contributed by atoms with Gasteiger partial charge < -0.3 is 10.2 Å². The van der Waals surface area contributed by atoms with Crippen LogP contribution >= 0.6 is 0 Å². The fourth-order valence-electron chi connectivity index (χ4n) is 1.51. The lowest BCUT2D eigenvalue weighted by Gasteiger charge is -2.07. The molecule has 14 heavy (non-hydrogen) atoms. The second-order valence-corrected chi connectivity index (χ2v) is 3.80. The summed E-state index contributed by atoms with van der Waals surface area (Å²) in [4.78, 5) is 10.4. The average molecular weight is 192 g/mol. The molecule has 0 unspecified atom stereocenters. The van der Waals surface area contributed by atoms with Crippen LogP contribution in [-0.4, -0.2) is 16.2 Å². The van der Waals surface area contributed by atoms with Crippen LogP contribution in [0, 0.1) is 0 Å². The van der Waals surface area contributed by atoms with Gasteiger partial charge in [-0.15, -0.1) is 0 Å². The maximum absolute atomic E-state index is 10.4. The van der Waals surface area contributed by atoms with Gasteiger partial charge in [0.1, 0.15) is 0 Å². The first-order valence-corrected chi connectivity index (χ1v) is 4.64. The molecule has 1 aromatic rings. The molecule has 0 bridgehead atoms. The quantitative estimate of drug-likeness (QED) is 0.758. The number of carbonyl (C=O) groups is 1. The van der Waals surface area contributed by atoms with Gasteiger partial charge in [0, 0.05) is 0 Å². The molecule has 0 spiro atoms. The summed E-state index contributed by atoms with van der Waals surface area (Å²) in [6.07, 6.45) is 1.66. The number of benzene rings is 1. The number of carboxylic acid groups (broad SMARTS) is 1. The Kier molecular flexibility index (Phi) is 2.04. The van der Waals surface area contributed by atoms with Gasteiger partial charge in [-0.1, -0.05) is 24.3 Å². The van der Waals surface area contributed by atoms with Crippen LogP contribution in [0.5, 0.6) is 0 Å². The smallest absolute Gasteiger partial charge is 0.307 e. The van der Waals surface area contributed by atoms with Crippen LogP contribution in [0.25, 0.3) is 0 Å². The van der Waals surface area contributed by atoms with Crippen LogP contribution in [0.3, 0.4) is 0 Å². The van der Waals surface area contributed by atoms with Crippen LogP contribution in [-0.2, 0) is 16.8 Å². The third kappa shape index (κ3) is 1.77. The van der Waals surface area contributed by atoms with Crippen molar-refractivity contribution in [3.8, 4) is 0 Å². The molecule has 2 rings (SSSR count). The molecule has 0 aromatic heterocycles. The topological polar surface area (TPSA) is 57.5 Å².